The lowest BCUT2D eigenvalue weighted by Gasteiger charge is -2.06. The number of ether oxygens (including phenoxy) is 3. The van der Waals surface area contributed by atoms with Gasteiger partial charge in [0.1, 0.15) is 12.9 Å². The van der Waals surface area contributed by atoms with E-state index in [1.54, 1.807) is 0 Å². The van der Waals surface area contributed by atoms with Crippen LogP contribution >= 0.6 is 0 Å². The normalized spacial score (nSPS) is 11.0. The maximum atomic E-state index is 9.99. The van der Waals surface area contributed by atoms with Crippen molar-refractivity contribution in [2.24, 2.45) is 0 Å². The second-order valence-electron chi connectivity index (χ2n) is 5.65. The van der Waals surface area contributed by atoms with Gasteiger partial charge in [0.2, 0.25) is 0 Å². The number of hydrogen-bond donors (Lipinski definition) is 0. The van der Waals surface area contributed by atoms with Gasteiger partial charge in [0, 0.05) is 6.61 Å². The van der Waals surface area contributed by atoms with Crippen LogP contribution in [0.2, 0.25) is 0 Å². The van der Waals surface area contributed by atoms with E-state index in [1.807, 2.05) is 0 Å². The summed E-state index contributed by atoms with van der Waals surface area (Å²) in [5, 5.41) is 0. The topological polar surface area (TPSA) is 44.8 Å². The summed E-state index contributed by atoms with van der Waals surface area (Å²) in [4.78, 5) is 9.99. The van der Waals surface area contributed by atoms with Crippen LogP contribution in [0.5, 0.6) is 0 Å². The predicted molar refractivity (Wildman–Crippen MR) is 90.4 cm³/mol. The van der Waals surface area contributed by atoms with Crippen LogP contribution in [0, 0.1) is 0 Å². The van der Waals surface area contributed by atoms with Crippen molar-refractivity contribution >= 4 is 6.29 Å². The molecule has 0 unspecified atom stereocenters. The van der Waals surface area contributed by atoms with Gasteiger partial charge < -0.3 is 19.0 Å². The van der Waals surface area contributed by atoms with E-state index in [9.17, 15) is 4.79 Å². The van der Waals surface area contributed by atoms with Crippen LogP contribution in [-0.4, -0.2) is 45.9 Å². The summed E-state index contributed by atoms with van der Waals surface area (Å²) in [5.41, 5.74) is 0. The molecule has 0 aliphatic rings. The summed E-state index contributed by atoms with van der Waals surface area (Å²) in [6.07, 6.45) is 14.2. The average Bonchev–Trinajstić information content (AvgIpc) is 2.54. The van der Waals surface area contributed by atoms with Gasteiger partial charge in [-0.3, -0.25) is 0 Å². The quantitative estimate of drug-likeness (QED) is 0.265. The summed E-state index contributed by atoms with van der Waals surface area (Å²) in [6.45, 7) is 5.48. The lowest BCUT2D eigenvalue weighted by Crippen LogP contribution is -2.10. The maximum absolute atomic E-state index is 9.99. The van der Waals surface area contributed by atoms with E-state index in [1.165, 1.54) is 57.8 Å². The summed E-state index contributed by atoms with van der Waals surface area (Å²) in [6, 6.07) is 0. The highest BCUT2D eigenvalue weighted by atomic mass is 16.5. The molecule has 0 fully saturated rings. The first kappa shape index (κ1) is 21.6. The van der Waals surface area contributed by atoms with Gasteiger partial charge in [0.05, 0.1) is 26.4 Å². The Balaban J connectivity index is 2.92. The van der Waals surface area contributed by atoms with E-state index in [0.29, 0.717) is 26.4 Å². The number of unbranched alkanes of at least 4 members (excludes halogenated alkanes) is 9. The zero-order chi connectivity index (χ0) is 16.1. The van der Waals surface area contributed by atoms with Crippen molar-refractivity contribution in [2.45, 2.75) is 71.1 Å². The smallest absolute Gasteiger partial charge is 0.145 e. The van der Waals surface area contributed by atoms with Crippen LogP contribution in [0.1, 0.15) is 71.1 Å². The Hall–Kier alpha value is -0.450. The molecule has 0 spiro atoms. The van der Waals surface area contributed by atoms with Crippen molar-refractivity contribution in [3.8, 4) is 0 Å². The molecule has 0 aromatic rings. The van der Waals surface area contributed by atoms with Crippen LogP contribution < -0.4 is 0 Å². The minimum atomic E-state index is 0.151. The lowest BCUT2D eigenvalue weighted by atomic mass is 10.1. The van der Waals surface area contributed by atoms with Crippen molar-refractivity contribution in [1.82, 2.24) is 0 Å². The first-order valence-corrected chi connectivity index (χ1v) is 9.08. The van der Waals surface area contributed by atoms with Crippen LogP contribution in [-0.2, 0) is 19.0 Å². The van der Waals surface area contributed by atoms with Gasteiger partial charge in [-0.25, -0.2) is 0 Å². The van der Waals surface area contributed by atoms with E-state index >= 15 is 0 Å². The van der Waals surface area contributed by atoms with Crippen molar-refractivity contribution in [3.05, 3.63) is 0 Å². The van der Waals surface area contributed by atoms with E-state index in [-0.39, 0.29) is 6.61 Å². The van der Waals surface area contributed by atoms with Gasteiger partial charge in [-0.1, -0.05) is 64.7 Å². The fourth-order valence-electron chi connectivity index (χ4n) is 2.26. The lowest BCUT2D eigenvalue weighted by molar-refractivity contribution is -0.112. The fraction of sp³-hybridized carbons (Fsp3) is 0.944. The first-order chi connectivity index (χ1) is 10.9. The molecule has 0 aromatic carbocycles. The van der Waals surface area contributed by atoms with E-state index in [0.717, 1.165) is 19.3 Å². The molecule has 0 aromatic heterocycles. The van der Waals surface area contributed by atoms with E-state index in [2.05, 4.69) is 6.92 Å². The molecule has 4 heteroatoms. The molecular weight excluding hydrogens is 280 g/mol. The van der Waals surface area contributed by atoms with Gasteiger partial charge in [0.15, 0.2) is 0 Å². The van der Waals surface area contributed by atoms with Crippen LogP contribution in [0.4, 0.5) is 0 Å². The fourth-order valence-corrected chi connectivity index (χ4v) is 2.26. The molecule has 0 heterocycles. The molecule has 4 nitrogen and oxygen atoms in total. The molecule has 0 saturated heterocycles. The van der Waals surface area contributed by atoms with Crippen LogP contribution in [0.25, 0.3) is 0 Å². The standard InChI is InChI=1S/C18H36O4/c1-2-3-4-5-6-7-8-9-10-11-13-20-15-17-22-18-16-21-14-12-19/h12H,2-11,13-18H2,1H3. The molecule has 0 amide bonds. The number of carbonyl (C=O) groups is 1. The van der Waals surface area contributed by atoms with E-state index in [4.69, 9.17) is 14.2 Å². The number of carbonyl (C=O) groups excluding carboxylic acids is 1. The molecule has 0 rings (SSSR count). The second kappa shape index (κ2) is 20.6. The van der Waals surface area contributed by atoms with Gasteiger partial charge in [-0.2, -0.15) is 0 Å². The molecule has 22 heavy (non-hydrogen) atoms. The Labute approximate surface area is 136 Å². The zero-order valence-corrected chi connectivity index (χ0v) is 14.5. The van der Waals surface area contributed by atoms with Gasteiger partial charge in [-0.05, 0) is 6.42 Å². The Morgan fingerprint density at radius 2 is 1.05 bits per heavy atom. The first-order valence-electron chi connectivity index (χ1n) is 9.08. The summed E-state index contributed by atoms with van der Waals surface area (Å²) in [5.74, 6) is 0. The number of rotatable bonds is 19. The van der Waals surface area contributed by atoms with Gasteiger partial charge in [0.25, 0.3) is 0 Å². The Bertz CT molecular complexity index is 209. The Morgan fingerprint density at radius 1 is 0.591 bits per heavy atom. The Kier molecular flexibility index (Phi) is 20.1. The molecular formula is C18H36O4. The monoisotopic (exact) mass is 316 g/mol. The van der Waals surface area contributed by atoms with Gasteiger partial charge >= 0.3 is 0 Å². The predicted octanol–water partition coefficient (Wildman–Crippen LogP) is 4.16. The van der Waals surface area contributed by atoms with Crippen molar-refractivity contribution in [2.75, 3.05) is 39.6 Å². The minimum absolute atomic E-state index is 0.151. The van der Waals surface area contributed by atoms with Crippen molar-refractivity contribution < 1.29 is 19.0 Å². The highest BCUT2D eigenvalue weighted by Crippen LogP contribution is 2.10. The minimum Gasteiger partial charge on any atom is -0.379 e. The molecule has 0 N–H and O–H groups in total. The highest BCUT2D eigenvalue weighted by Gasteiger charge is 1.94. The summed E-state index contributed by atoms with van der Waals surface area (Å²) < 4.78 is 15.8. The highest BCUT2D eigenvalue weighted by molar-refractivity contribution is 5.50. The van der Waals surface area contributed by atoms with Crippen molar-refractivity contribution in [3.63, 3.8) is 0 Å². The van der Waals surface area contributed by atoms with Gasteiger partial charge in [-0.15, -0.1) is 0 Å². The van der Waals surface area contributed by atoms with Crippen LogP contribution in [0.15, 0.2) is 0 Å². The average molecular weight is 316 g/mol. The molecule has 0 aliphatic carbocycles. The van der Waals surface area contributed by atoms with E-state index < -0.39 is 0 Å². The molecule has 0 radical (unpaired) electrons. The Morgan fingerprint density at radius 3 is 1.59 bits per heavy atom. The van der Waals surface area contributed by atoms with Crippen molar-refractivity contribution in [1.29, 1.82) is 0 Å². The molecule has 0 atom stereocenters. The maximum Gasteiger partial charge on any atom is 0.145 e. The summed E-state index contributed by atoms with van der Waals surface area (Å²) in [7, 11) is 0. The third-order valence-corrected chi connectivity index (χ3v) is 3.57. The third-order valence-electron chi connectivity index (χ3n) is 3.57. The molecule has 0 saturated carbocycles. The largest absolute Gasteiger partial charge is 0.379 e. The second-order valence-corrected chi connectivity index (χ2v) is 5.65. The third kappa shape index (κ3) is 19.6. The SMILES string of the molecule is CCCCCCCCCCCCOCCOCCOCC=O. The molecule has 0 bridgehead atoms. The number of aldehydes is 1. The zero-order valence-electron chi connectivity index (χ0n) is 14.5. The van der Waals surface area contributed by atoms with Crippen LogP contribution in [0.3, 0.4) is 0 Å². The number of hydrogen-bond acceptors (Lipinski definition) is 4. The molecule has 132 valence electrons. The summed E-state index contributed by atoms with van der Waals surface area (Å²) >= 11 is 0. The molecule has 0 aliphatic heterocycles.